The van der Waals surface area contributed by atoms with Crippen molar-refractivity contribution in [2.45, 2.75) is 59.7 Å². The van der Waals surface area contributed by atoms with Gasteiger partial charge in [-0.3, -0.25) is 4.79 Å². The molecule has 0 fully saturated rings. The van der Waals surface area contributed by atoms with Gasteiger partial charge in [-0.15, -0.1) is 0 Å². The molecule has 0 unspecified atom stereocenters. The standard InChI is InChI=1S/C12H16O3.C6H12O2/c1-12(2,3)15-9-14-11(13)10-7-5-4-6-8-10;1-5(7)8-6(2,3)4/h4-8H,9H2,1-3H3;1-4H3. The summed E-state index contributed by atoms with van der Waals surface area (Å²) in [4.78, 5) is 21.7. The smallest absolute Gasteiger partial charge is 0.340 e. The molecule has 0 aliphatic heterocycles. The number of hydrogen-bond acceptors (Lipinski definition) is 5. The summed E-state index contributed by atoms with van der Waals surface area (Å²) in [7, 11) is 0. The SMILES string of the molecule is CC(=O)OC(C)(C)C.CC(C)(C)OCOC(=O)c1ccccc1. The lowest BCUT2D eigenvalue weighted by molar-refractivity contribution is -0.151. The Morgan fingerprint density at radius 2 is 1.43 bits per heavy atom. The molecule has 1 aromatic rings. The maximum Gasteiger partial charge on any atom is 0.340 e. The molecule has 0 radical (unpaired) electrons. The van der Waals surface area contributed by atoms with Gasteiger partial charge in [0.05, 0.1) is 11.2 Å². The van der Waals surface area contributed by atoms with Crippen LogP contribution in [0.3, 0.4) is 0 Å². The molecule has 5 heteroatoms. The number of benzene rings is 1. The second-order valence-corrected chi connectivity index (χ2v) is 6.88. The molecule has 23 heavy (non-hydrogen) atoms. The largest absolute Gasteiger partial charge is 0.460 e. The minimum atomic E-state index is -0.361. The third kappa shape index (κ3) is 13.5. The average Bonchev–Trinajstić information content (AvgIpc) is 2.36. The van der Waals surface area contributed by atoms with E-state index in [1.54, 1.807) is 24.3 Å². The van der Waals surface area contributed by atoms with Gasteiger partial charge in [0.15, 0.2) is 6.79 Å². The molecular formula is C18H28O5. The molecule has 0 saturated heterocycles. The Balaban J connectivity index is 0.000000515. The summed E-state index contributed by atoms with van der Waals surface area (Å²) in [5, 5.41) is 0. The normalized spacial score (nSPS) is 11.1. The highest BCUT2D eigenvalue weighted by Gasteiger charge is 2.12. The summed E-state index contributed by atoms with van der Waals surface area (Å²) in [5.74, 6) is -0.586. The monoisotopic (exact) mass is 324 g/mol. The third-order valence-electron chi connectivity index (χ3n) is 2.14. The van der Waals surface area contributed by atoms with Crippen LogP contribution >= 0.6 is 0 Å². The van der Waals surface area contributed by atoms with Gasteiger partial charge in [-0.05, 0) is 53.7 Å². The van der Waals surface area contributed by atoms with Crippen LogP contribution in [0.1, 0.15) is 58.8 Å². The first kappa shape index (κ1) is 21.1. The molecule has 0 aliphatic carbocycles. The number of esters is 2. The highest BCUT2D eigenvalue weighted by atomic mass is 16.7. The van der Waals surface area contributed by atoms with E-state index in [0.29, 0.717) is 5.56 Å². The molecule has 0 saturated carbocycles. The predicted molar refractivity (Wildman–Crippen MR) is 89.1 cm³/mol. The molecule has 1 aromatic carbocycles. The summed E-state index contributed by atoms with van der Waals surface area (Å²) in [6, 6.07) is 8.85. The first-order chi connectivity index (χ1) is 10.4. The maximum atomic E-state index is 11.4. The van der Waals surface area contributed by atoms with Crippen LogP contribution in [-0.2, 0) is 19.0 Å². The molecule has 0 bridgehead atoms. The van der Waals surface area contributed by atoms with Crippen LogP contribution in [0.15, 0.2) is 30.3 Å². The number of hydrogen-bond donors (Lipinski definition) is 0. The Bertz CT molecular complexity index is 480. The van der Waals surface area contributed by atoms with E-state index in [1.807, 2.05) is 47.6 Å². The van der Waals surface area contributed by atoms with Crippen molar-refractivity contribution in [3.05, 3.63) is 35.9 Å². The van der Waals surface area contributed by atoms with Crippen LogP contribution in [0.25, 0.3) is 0 Å². The van der Waals surface area contributed by atoms with Crippen LogP contribution in [0.4, 0.5) is 0 Å². The van der Waals surface area contributed by atoms with E-state index >= 15 is 0 Å². The number of carbonyl (C=O) groups excluding carboxylic acids is 2. The summed E-state index contributed by atoms with van der Waals surface area (Å²) in [5.41, 5.74) is -0.0852. The predicted octanol–water partition coefficient (Wildman–Crippen LogP) is 3.96. The van der Waals surface area contributed by atoms with E-state index in [-0.39, 0.29) is 29.9 Å². The van der Waals surface area contributed by atoms with Gasteiger partial charge >= 0.3 is 11.9 Å². The van der Waals surface area contributed by atoms with Crippen molar-refractivity contribution >= 4 is 11.9 Å². The lowest BCUT2D eigenvalue weighted by Gasteiger charge is -2.18. The van der Waals surface area contributed by atoms with Crippen LogP contribution in [0, 0.1) is 0 Å². The van der Waals surface area contributed by atoms with Gasteiger partial charge in [-0.1, -0.05) is 18.2 Å². The van der Waals surface area contributed by atoms with Crippen molar-refractivity contribution in [3.8, 4) is 0 Å². The van der Waals surface area contributed by atoms with Crippen molar-refractivity contribution in [2.24, 2.45) is 0 Å². The third-order valence-corrected chi connectivity index (χ3v) is 2.14. The van der Waals surface area contributed by atoms with Crippen molar-refractivity contribution in [1.29, 1.82) is 0 Å². The summed E-state index contributed by atoms with van der Waals surface area (Å²) < 4.78 is 15.0. The van der Waals surface area contributed by atoms with Gasteiger partial charge in [-0.25, -0.2) is 4.79 Å². The molecule has 5 nitrogen and oxygen atoms in total. The van der Waals surface area contributed by atoms with Gasteiger partial charge in [0, 0.05) is 6.92 Å². The minimum absolute atomic E-state index is 0.0166. The molecular weight excluding hydrogens is 296 g/mol. The van der Waals surface area contributed by atoms with Crippen LogP contribution in [0.5, 0.6) is 0 Å². The molecule has 0 aromatic heterocycles. The summed E-state index contributed by atoms with van der Waals surface area (Å²) in [6.45, 7) is 12.6. The lowest BCUT2D eigenvalue weighted by atomic mass is 10.2. The molecule has 130 valence electrons. The fourth-order valence-corrected chi connectivity index (χ4v) is 1.35. The second-order valence-electron chi connectivity index (χ2n) is 6.88. The molecule has 0 aliphatic rings. The van der Waals surface area contributed by atoms with Crippen molar-refractivity contribution in [3.63, 3.8) is 0 Å². The topological polar surface area (TPSA) is 61.8 Å². The van der Waals surface area contributed by atoms with Crippen LogP contribution < -0.4 is 0 Å². The Morgan fingerprint density at radius 1 is 0.913 bits per heavy atom. The van der Waals surface area contributed by atoms with Crippen LogP contribution in [-0.4, -0.2) is 29.9 Å². The van der Waals surface area contributed by atoms with E-state index in [2.05, 4.69) is 0 Å². The molecule has 0 N–H and O–H groups in total. The van der Waals surface area contributed by atoms with Gasteiger partial charge in [-0.2, -0.15) is 0 Å². The van der Waals surface area contributed by atoms with Crippen molar-refractivity contribution in [1.82, 2.24) is 0 Å². The van der Waals surface area contributed by atoms with Gasteiger partial charge in [0.2, 0.25) is 0 Å². The Hall–Kier alpha value is -1.88. The highest BCUT2D eigenvalue weighted by Crippen LogP contribution is 2.08. The van der Waals surface area contributed by atoms with E-state index < -0.39 is 0 Å². The van der Waals surface area contributed by atoms with E-state index in [0.717, 1.165) is 0 Å². The first-order valence-electron chi connectivity index (χ1n) is 7.46. The van der Waals surface area contributed by atoms with Gasteiger partial charge < -0.3 is 14.2 Å². The molecule has 0 amide bonds. The second kappa shape index (κ2) is 9.30. The van der Waals surface area contributed by atoms with Crippen LogP contribution in [0.2, 0.25) is 0 Å². The Kier molecular flexibility index (Phi) is 8.54. The van der Waals surface area contributed by atoms with Crippen molar-refractivity contribution in [2.75, 3.05) is 6.79 Å². The number of rotatable bonds is 3. The Morgan fingerprint density at radius 3 is 1.78 bits per heavy atom. The fraction of sp³-hybridized carbons (Fsp3) is 0.556. The van der Waals surface area contributed by atoms with E-state index in [1.165, 1.54) is 6.92 Å². The van der Waals surface area contributed by atoms with E-state index in [9.17, 15) is 9.59 Å². The average molecular weight is 324 g/mol. The maximum absolute atomic E-state index is 11.4. The van der Waals surface area contributed by atoms with Gasteiger partial charge in [0.1, 0.15) is 5.60 Å². The van der Waals surface area contributed by atoms with Crippen molar-refractivity contribution < 1.29 is 23.8 Å². The summed E-state index contributed by atoms with van der Waals surface area (Å²) in [6.07, 6.45) is 0. The van der Waals surface area contributed by atoms with Gasteiger partial charge in [0.25, 0.3) is 0 Å². The summed E-state index contributed by atoms with van der Waals surface area (Å²) >= 11 is 0. The molecule has 0 spiro atoms. The molecule has 0 heterocycles. The zero-order valence-electron chi connectivity index (χ0n) is 15.1. The number of ether oxygens (including phenoxy) is 3. The quantitative estimate of drug-likeness (QED) is 0.622. The molecule has 0 atom stereocenters. The lowest BCUT2D eigenvalue weighted by Crippen LogP contribution is -2.22. The van der Waals surface area contributed by atoms with E-state index in [4.69, 9.17) is 14.2 Å². The zero-order chi connectivity index (χ0) is 18.1. The zero-order valence-corrected chi connectivity index (χ0v) is 15.1. The number of carbonyl (C=O) groups is 2. The Labute approximate surface area is 138 Å². The fourth-order valence-electron chi connectivity index (χ4n) is 1.35. The highest BCUT2D eigenvalue weighted by molar-refractivity contribution is 5.89. The minimum Gasteiger partial charge on any atom is -0.460 e. The first-order valence-corrected chi connectivity index (χ1v) is 7.46. The molecule has 1 rings (SSSR count).